The quantitative estimate of drug-likeness (QED) is 0.539. The minimum absolute atomic E-state index is 0.102. The van der Waals surface area contributed by atoms with Gasteiger partial charge in [0, 0.05) is 23.8 Å². The lowest BCUT2D eigenvalue weighted by atomic mass is 10.0. The molecule has 1 nitrogen and oxygen atoms in total. The summed E-state index contributed by atoms with van der Waals surface area (Å²) in [5, 5.41) is 3.37. The van der Waals surface area contributed by atoms with Crippen LogP contribution < -0.4 is 5.32 Å². The molecule has 78 valence electrons. The molecule has 0 aliphatic rings. The van der Waals surface area contributed by atoms with Crippen LogP contribution in [-0.4, -0.2) is 23.8 Å². The number of alkyl halides is 2. The molecule has 1 N–H and O–H groups in total. The first-order valence-corrected chi connectivity index (χ1v) is 5.67. The van der Waals surface area contributed by atoms with Crippen LogP contribution in [0, 0.1) is 0 Å². The van der Waals surface area contributed by atoms with Crippen LogP contribution in [0.1, 0.15) is 27.2 Å². The number of allylic oxidation sites excluding steroid dienone is 1. The van der Waals surface area contributed by atoms with Gasteiger partial charge < -0.3 is 5.32 Å². The summed E-state index contributed by atoms with van der Waals surface area (Å²) < 4.78 is 0. The van der Waals surface area contributed by atoms with Crippen molar-refractivity contribution in [2.24, 2.45) is 0 Å². The van der Waals surface area contributed by atoms with Gasteiger partial charge in [-0.1, -0.05) is 18.6 Å². The van der Waals surface area contributed by atoms with Gasteiger partial charge in [0.05, 0.1) is 0 Å². The van der Waals surface area contributed by atoms with Crippen LogP contribution in [-0.2, 0) is 0 Å². The first kappa shape index (κ1) is 13.3. The lowest BCUT2D eigenvalue weighted by molar-refractivity contribution is 0.405. The summed E-state index contributed by atoms with van der Waals surface area (Å²) in [4.78, 5) is 0. The molecule has 0 amide bonds. The predicted molar refractivity (Wildman–Crippen MR) is 61.9 cm³/mol. The van der Waals surface area contributed by atoms with E-state index in [-0.39, 0.29) is 5.54 Å². The van der Waals surface area contributed by atoms with Gasteiger partial charge in [0.2, 0.25) is 0 Å². The van der Waals surface area contributed by atoms with Gasteiger partial charge >= 0.3 is 0 Å². The SMILES string of the molecule is CCC(CCl)(CCl)NCC=C(C)C. The van der Waals surface area contributed by atoms with Crippen molar-refractivity contribution in [3.05, 3.63) is 11.6 Å². The largest absolute Gasteiger partial charge is 0.306 e. The van der Waals surface area contributed by atoms with Crippen molar-refractivity contribution in [1.82, 2.24) is 5.32 Å². The summed E-state index contributed by atoms with van der Waals surface area (Å²) in [6.45, 7) is 7.10. The second-order valence-electron chi connectivity index (χ2n) is 3.56. The van der Waals surface area contributed by atoms with Crippen molar-refractivity contribution >= 4 is 23.2 Å². The van der Waals surface area contributed by atoms with Crippen molar-refractivity contribution in [2.75, 3.05) is 18.3 Å². The molecular formula is C10H19Cl2N. The van der Waals surface area contributed by atoms with Gasteiger partial charge in [-0.05, 0) is 20.3 Å². The van der Waals surface area contributed by atoms with E-state index in [2.05, 4.69) is 32.2 Å². The fourth-order valence-electron chi connectivity index (χ4n) is 0.916. The van der Waals surface area contributed by atoms with E-state index < -0.39 is 0 Å². The Bertz CT molecular complexity index is 150. The molecule has 0 aromatic carbocycles. The van der Waals surface area contributed by atoms with Gasteiger partial charge in [-0.3, -0.25) is 0 Å². The van der Waals surface area contributed by atoms with Crippen LogP contribution in [0.25, 0.3) is 0 Å². The van der Waals surface area contributed by atoms with E-state index >= 15 is 0 Å². The van der Waals surface area contributed by atoms with E-state index in [0.29, 0.717) is 11.8 Å². The van der Waals surface area contributed by atoms with E-state index in [0.717, 1.165) is 13.0 Å². The lowest BCUT2D eigenvalue weighted by Gasteiger charge is -2.29. The second kappa shape index (κ2) is 6.69. The van der Waals surface area contributed by atoms with Gasteiger partial charge in [0.25, 0.3) is 0 Å². The average molecular weight is 224 g/mol. The van der Waals surface area contributed by atoms with E-state index in [1.54, 1.807) is 0 Å². The predicted octanol–water partition coefficient (Wildman–Crippen LogP) is 3.17. The van der Waals surface area contributed by atoms with Gasteiger partial charge in [0.15, 0.2) is 0 Å². The highest BCUT2D eigenvalue weighted by molar-refractivity contribution is 6.22. The summed E-state index contributed by atoms with van der Waals surface area (Å²) in [7, 11) is 0. The third-order valence-corrected chi connectivity index (χ3v) is 3.20. The minimum atomic E-state index is -0.102. The van der Waals surface area contributed by atoms with Crippen LogP contribution >= 0.6 is 23.2 Å². The van der Waals surface area contributed by atoms with Crippen LogP contribution in [0.5, 0.6) is 0 Å². The standard InChI is InChI=1S/C10H19Cl2N/c1-4-10(7-11,8-12)13-6-5-9(2)3/h5,13H,4,6-8H2,1-3H3. The summed E-state index contributed by atoms with van der Waals surface area (Å²) in [5.41, 5.74) is 1.20. The summed E-state index contributed by atoms with van der Waals surface area (Å²) in [5.74, 6) is 1.12. The maximum atomic E-state index is 5.87. The minimum Gasteiger partial charge on any atom is -0.306 e. The summed E-state index contributed by atoms with van der Waals surface area (Å²) >= 11 is 11.7. The Morgan fingerprint density at radius 3 is 2.15 bits per heavy atom. The zero-order valence-corrected chi connectivity index (χ0v) is 10.2. The first-order valence-electron chi connectivity index (χ1n) is 4.60. The van der Waals surface area contributed by atoms with Crippen molar-refractivity contribution in [2.45, 2.75) is 32.7 Å². The fraction of sp³-hybridized carbons (Fsp3) is 0.800. The molecule has 0 atom stereocenters. The van der Waals surface area contributed by atoms with Crippen LogP contribution in [0.3, 0.4) is 0 Å². The maximum absolute atomic E-state index is 5.87. The molecule has 0 saturated carbocycles. The average Bonchev–Trinajstić information content (AvgIpc) is 2.13. The van der Waals surface area contributed by atoms with Crippen molar-refractivity contribution in [3.63, 3.8) is 0 Å². The number of hydrogen-bond donors (Lipinski definition) is 1. The van der Waals surface area contributed by atoms with Crippen LogP contribution in [0.2, 0.25) is 0 Å². The van der Waals surface area contributed by atoms with Gasteiger partial charge in [0.1, 0.15) is 0 Å². The summed E-state index contributed by atoms with van der Waals surface area (Å²) in [6.07, 6.45) is 3.10. The molecule has 0 aliphatic carbocycles. The molecule has 0 fully saturated rings. The lowest BCUT2D eigenvalue weighted by Crippen LogP contribution is -2.48. The Labute approximate surface area is 91.5 Å². The van der Waals surface area contributed by atoms with Crippen molar-refractivity contribution in [3.8, 4) is 0 Å². The Morgan fingerprint density at radius 2 is 1.85 bits per heavy atom. The Morgan fingerprint density at radius 1 is 1.31 bits per heavy atom. The second-order valence-corrected chi connectivity index (χ2v) is 4.10. The maximum Gasteiger partial charge on any atom is 0.0453 e. The molecule has 0 heterocycles. The molecule has 0 aliphatic heterocycles. The Hall–Kier alpha value is 0.280. The van der Waals surface area contributed by atoms with E-state index in [9.17, 15) is 0 Å². The third-order valence-electron chi connectivity index (χ3n) is 2.18. The number of halogens is 2. The number of hydrogen-bond acceptors (Lipinski definition) is 1. The topological polar surface area (TPSA) is 12.0 Å². The molecule has 0 aromatic rings. The smallest absolute Gasteiger partial charge is 0.0453 e. The molecule has 3 heteroatoms. The van der Waals surface area contributed by atoms with Crippen molar-refractivity contribution in [1.29, 1.82) is 0 Å². The highest BCUT2D eigenvalue weighted by Gasteiger charge is 2.24. The molecule has 0 rings (SSSR count). The van der Waals surface area contributed by atoms with E-state index in [1.165, 1.54) is 5.57 Å². The molecule has 13 heavy (non-hydrogen) atoms. The highest BCUT2D eigenvalue weighted by Crippen LogP contribution is 2.14. The summed E-state index contributed by atoms with van der Waals surface area (Å²) in [6, 6.07) is 0. The molecule has 0 saturated heterocycles. The van der Waals surface area contributed by atoms with Gasteiger partial charge in [-0.25, -0.2) is 0 Å². The van der Waals surface area contributed by atoms with Crippen LogP contribution in [0.15, 0.2) is 11.6 Å². The highest BCUT2D eigenvalue weighted by atomic mass is 35.5. The Balaban J connectivity index is 4.03. The van der Waals surface area contributed by atoms with Gasteiger partial charge in [-0.15, -0.1) is 23.2 Å². The molecule has 0 aromatic heterocycles. The van der Waals surface area contributed by atoms with E-state index in [4.69, 9.17) is 23.2 Å². The van der Waals surface area contributed by atoms with Crippen molar-refractivity contribution < 1.29 is 0 Å². The third kappa shape index (κ3) is 4.90. The van der Waals surface area contributed by atoms with Gasteiger partial charge in [-0.2, -0.15) is 0 Å². The molecular weight excluding hydrogens is 205 g/mol. The fourth-order valence-corrected chi connectivity index (χ4v) is 1.77. The molecule has 0 spiro atoms. The molecule has 0 radical (unpaired) electrons. The molecule has 0 unspecified atom stereocenters. The normalized spacial score (nSPS) is 11.5. The number of rotatable bonds is 6. The molecule has 0 bridgehead atoms. The zero-order chi connectivity index (χ0) is 10.3. The monoisotopic (exact) mass is 223 g/mol. The van der Waals surface area contributed by atoms with Crippen LogP contribution in [0.4, 0.5) is 0 Å². The van der Waals surface area contributed by atoms with E-state index in [1.807, 2.05) is 0 Å². The Kier molecular flexibility index (Phi) is 6.84. The number of nitrogens with one attached hydrogen (secondary N) is 1. The zero-order valence-electron chi connectivity index (χ0n) is 8.66. The first-order chi connectivity index (χ1) is 6.10.